The van der Waals surface area contributed by atoms with Gasteiger partial charge in [-0.05, 0) is 35.1 Å². The third-order valence-electron chi connectivity index (χ3n) is 2.35. The van der Waals surface area contributed by atoms with Crippen LogP contribution in [0.2, 0.25) is 0 Å². The average Bonchev–Trinajstić information content (AvgIpc) is 2.77. The first-order valence-corrected chi connectivity index (χ1v) is 6.03. The number of amides is 1. The third-order valence-corrected chi connectivity index (χ3v) is 2.94. The SMILES string of the molecule is CNCCNC(=O)c1cc(Br)c2c(c1)OCO2.Cl. The normalized spacial score (nSPS) is 11.9. The number of rotatable bonds is 4. The molecule has 0 aliphatic carbocycles. The lowest BCUT2D eigenvalue weighted by Crippen LogP contribution is -2.30. The summed E-state index contributed by atoms with van der Waals surface area (Å²) in [7, 11) is 1.84. The Labute approximate surface area is 120 Å². The van der Waals surface area contributed by atoms with E-state index in [-0.39, 0.29) is 25.1 Å². The fourth-order valence-corrected chi connectivity index (χ4v) is 2.06. The molecule has 0 radical (unpaired) electrons. The van der Waals surface area contributed by atoms with Crippen LogP contribution in [-0.4, -0.2) is 32.8 Å². The van der Waals surface area contributed by atoms with Crippen molar-refractivity contribution >= 4 is 34.2 Å². The van der Waals surface area contributed by atoms with Crippen LogP contribution in [0.4, 0.5) is 0 Å². The van der Waals surface area contributed by atoms with Crippen LogP contribution in [0.25, 0.3) is 0 Å². The molecule has 7 heteroatoms. The Morgan fingerprint density at radius 1 is 1.39 bits per heavy atom. The Hall–Kier alpha value is -0.980. The van der Waals surface area contributed by atoms with Crippen LogP contribution in [0.15, 0.2) is 16.6 Å². The highest BCUT2D eigenvalue weighted by atomic mass is 79.9. The second kappa shape index (κ2) is 6.82. The second-order valence-corrected chi connectivity index (χ2v) is 4.41. The predicted octanol–water partition coefficient (Wildman–Crippen LogP) is 1.55. The Morgan fingerprint density at radius 3 is 2.89 bits per heavy atom. The van der Waals surface area contributed by atoms with Crippen molar-refractivity contribution in [3.8, 4) is 11.5 Å². The first-order chi connectivity index (χ1) is 8.22. The molecule has 2 N–H and O–H groups in total. The molecule has 0 bridgehead atoms. The summed E-state index contributed by atoms with van der Waals surface area (Å²) in [5, 5.41) is 5.76. The first-order valence-electron chi connectivity index (χ1n) is 5.24. The molecule has 1 aromatic rings. The van der Waals surface area contributed by atoms with Crippen molar-refractivity contribution in [2.75, 3.05) is 26.9 Å². The molecule has 0 fully saturated rings. The Morgan fingerprint density at radius 2 is 2.17 bits per heavy atom. The summed E-state index contributed by atoms with van der Waals surface area (Å²) in [5.74, 6) is 1.12. The second-order valence-electron chi connectivity index (χ2n) is 3.55. The van der Waals surface area contributed by atoms with Gasteiger partial charge in [0.2, 0.25) is 6.79 Å². The van der Waals surface area contributed by atoms with Crippen LogP contribution in [0.1, 0.15) is 10.4 Å². The Kier molecular flexibility index (Phi) is 5.71. The molecule has 0 saturated carbocycles. The van der Waals surface area contributed by atoms with Gasteiger partial charge in [-0.25, -0.2) is 0 Å². The van der Waals surface area contributed by atoms with Gasteiger partial charge in [-0.2, -0.15) is 0 Å². The zero-order valence-electron chi connectivity index (χ0n) is 9.79. The number of halogens is 2. The lowest BCUT2D eigenvalue weighted by Gasteiger charge is -2.06. The minimum absolute atomic E-state index is 0. The van der Waals surface area contributed by atoms with E-state index in [0.29, 0.717) is 23.6 Å². The van der Waals surface area contributed by atoms with Crippen molar-refractivity contribution in [2.45, 2.75) is 0 Å². The van der Waals surface area contributed by atoms with Crippen molar-refractivity contribution in [3.05, 3.63) is 22.2 Å². The zero-order valence-corrected chi connectivity index (χ0v) is 12.2. The van der Waals surface area contributed by atoms with Crippen LogP contribution in [0.5, 0.6) is 11.5 Å². The van der Waals surface area contributed by atoms with Crippen LogP contribution in [-0.2, 0) is 0 Å². The summed E-state index contributed by atoms with van der Waals surface area (Å²) in [4.78, 5) is 11.8. The topological polar surface area (TPSA) is 59.6 Å². The summed E-state index contributed by atoms with van der Waals surface area (Å²) >= 11 is 3.35. The van der Waals surface area contributed by atoms with E-state index in [1.807, 2.05) is 7.05 Å². The van der Waals surface area contributed by atoms with E-state index in [1.165, 1.54) is 0 Å². The van der Waals surface area contributed by atoms with Crippen molar-refractivity contribution < 1.29 is 14.3 Å². The van der Waals surface area contributed by atoms with Gasteiger partial charge in [-0.3, -0.25) is 4.79 Å². The van der Waals surface area contributed by atoms with E-state index in [2.05, 4.69) is 26.6 Å². The van der Waals surface area contributed by atoms with Gasteiger partial charge in [-0.15, -0.1) is 12.4 Å². The number of fused-ring (bicyclic) bond motifs is 1. The minimum atomic E-state index is -0.126. The molecule has 1 heterocycles. The highest BCUT2D eigenvalue weighted by molar-refractivity contribution is 9.10. The largest absolute Gasteiger partial charge is 0.454 e. The number of likely N-dealkylation sites (N-methyl/N-ethyl adjacent to an activating group) is 1. The molecule has 1 aliphatic heterocycles. The van der Waals surface area contributed by atoms with E-state index < -0.39 is 0 Å². The Bertz CT molecular complexity index is 443. The lowest BCUT2D eigenvalue weighted by molar-refractivity contribution is 0.0953. The number of hydrogen-bond donors (Lipinski definition) is 2. The molecule has 1 aromatic carbocycles. The van der Waals surface area contributed by atoms with Crippen LogP contribution < -0.4 is 20.1 Å². The summed E-state index contributed by atoms with van der Waals surface area (Å²) in [6.07, 6.45) is 0. The van der Waals surface area contributed by atoms with E-state index in [1.54, 1.807) is 12.1 Å². The molecule has 1 aliphatic rings. The molecule has 18 heavy (non-hydrogen) atoms. The summed E-state index contributed by atoms with van der Waals surface area (Å²) < 4.78 is 11.2. The minimum Gasteiger partial charge on any atom is -0.454 e. The number of nitrogens with one attached hydrogen (secondary N) is 2. The average molecular weight is 338 g/mol. The molecule has 2 rings (SSSR count). The smallest absolute Gasteiger partial charge is 0.251 e. The molecular formula is C11H14BrClN2O3. The van der Waals surface area contributed by atoms with Gasteiger partial charge in [-0.1, -0.05) is 0 Å². The van der Waals surface area contributed by atoms with Crippen LogP contribution >= 0.6 is 28.3 Å². The number of carbonyl (C=O) groups excluding carboxylic acids is 1. The quantitative estimate of drug-likeness (QED) is 0.819. The molecule has 0 saturated heterocycles. The van der Waals surface area contributed by atoms with Crippen LogP contribution in [0, 0.1) is 0 Å². The Balaban J connectivity index is 0.00000162. The van der Waals surface area contributed by atoms with Crippen molar-refractivity contribution in [3.63, 3.8) is 0 Å². The summed E-state index contributed by atoms with van der Waals surface area (Å²) in [6.45, 7) is 1.51. The fourth-order valence-electron chi connectivity index (χ4n) is 1.50. The van der Waals surface area contributed by atoms with E-state index in [4.69, 9.17) is 9.47 Å². The lowest BCUT2D eigenvalue weighted by atomic mass is 10.2. The van der Waals surface area contributed by atoms with Crippen molar-refractivity contribution in [2.24, 2.45) is 0 Å². The third kappa shape index (κ3) is 3.28. The van der Waals surface area contributed by atoms with E-state index in [9.17, 15) is 4.79 Å². The summed E-state index contributed by atoms with van der Waals surface area (Å²) in [6, 6.07) is 3.41. The molecule has 5 nitrogen and oxygen atoms in total. The molecule has 0 aromatic heterocycles. The molecular weight excluding hydrogens is 323 g/mol. The van der Waals surface area contributed by atoms with Crippen molar-refractivity contribution in [1.29, 1.82) is 0 Å². The van der Waals surface area contributed by atoms with Gasteiger partial charge in [0.05, 0.1) is 4.47 Å². The molecule has 0 atom stereocenters. The maximum atomic E-state index is 11.8. The van der Waals surface area contributed by atoms with Gasteiger partial charge < -0.3 is 20.1 Å². The first kappa shape index (κ1) is 15.1. The summed E-state index contributed by atoms with van der Waals surface area (Å²) in [5.41, 5.74) is 0.553. The van der Waals surface area contributed by atoms with Gasteiger partial charge in [0, 0.05) is 18.7 Å². The van der Waals surface area contributed by atoms with E-state index in [0.717, 1.165) is 11.0 Å². The number of ether oxygens (including phenoxy) is 2. The highest BCUT2D eigenvalue weighted by Gasteiger charge is 2.20. The number of carbonyl (C=O) groups is 1. The molecule has 1 amide bonds. The maximum absolute atomic E-state index is 11.8. The molecule has 0 spiro atoms. The van der Waals surface area contributed by atoms with Gasteiger partial charge in [0.15, 0.2) is 11.5 Å². The molecule has 100 valence electrons. The standard InChI is InChI=1S/C11H13BrN2O3.ClH/c1-13-2-3-14-11(15)7-4-8(12)10-9(5-7)16-6-17-10;/h4-5,13H,2-3,6H2,1H3,(H,14,15);1H. The maximum Gasteiger partial charge on any atom is 0.251 e. The predicted molar refractivity (Wildman–Crippen MR) is 73.8 cm³/mol. The van der Waals surface area contributed by atoms with Crippen molar-refractivity contribution in [1.82, 2.24) is 10.6 Å². The fraction of sp³-hybridized carbons (Fsp3) is 0.364. The zero-order chi connectivity index (χ0) is 12.3. The van der Waals surface area contributed by atoms with Crippen LogP contribution in [0.3, 0.4) is 0 Å². The number of benzene rings is 1. The number of hydrogen-bond acceptors (Lipinski definition) is 4. The van der Waals surface area contributed by atoms with Gasteiger partial charge >= 0.3 is 0 Å². The van der Waals surface area contributed by atoms with Gasteiger partial charge in [0.1, 0.15) is 0 Å². The molecule has 0 unspecified atom stereocenters. The van der Waals surface area contributed by atoms with E-state index >= 15 is 0 Å². The van der Waals surface area contributed by atoms with Gasteiger partial charge in [0.25, 0.3) is 5.91 Å². The highest BCUT2D eigenvalue weighted by Crippen LogP contribution is 2.39. The monoisotopic (exact) mass is 336 g/mol.